The Balaban J connectivity index is 2.03. The Morgan fingerprint density at radius 2 is 2.10 bits per heavy atom. The summed E-state index contributed by atoms with van der Waals surface area (Å²) in [5.41, 5.74) is 1.80. The summed E-state index contributed by atoms with van der Waals surface area (Å²) in [7, 11) is 0. The monoisotopic (exact) mass is 286 g/mol. The van der Waals surface area contributed by atoms with Crippen molar-refractivity contribution in [2.75, 3.05) is 5.32 Å². The van der Waals surface area contributed by atoms with E-state index in [9.17, 15) is 0 Å². The lowest BCUT2D eigenvalue weighted by molar-refractivity contribution is -0.361. The van der Waals surface area contributed by atoms with Crippen LogP contribution in [0, 0.1) is 18.8 Å². The minimum Gasteiger partial charge on any atom is -0.272 e. The van der Waals surface area contributed by atoms with E-state index in [4.69, 9.17) is 0 Å². The molecule has 0 aliphatic heterocycles. The van der Waals surface area contributed by atoms with Crippen molar-refractivity contribution in [1.29, 1.82) is 0 Å². The van der Waals surface area contributed by atoms with Crippen LogP contribution in [-0.4, -0.2) is 11.0 Å². The van der Waals surface area contributed by atoms with Gasteiger partial charge in [-0.25, -0.2) is 9.97 Å². The zero-order valence-electron chi connectivity index (χ0n) is 12.2. The molecule has 0 saturated heterocycles. The van der Waals surface area contributed by atoms with E-state index in [1.165, 1.54) is 0 Å². The number of nitrogens with one attached hydrogen (secondary N) is 2. The second-order valence-corrected chi connectivity index (χ2v) is 5.71. The van der Waals surface area contributed by atoms with Crippen LogP contribution in [0.25, 0.3) is 0 Å². The predicted molar refractivity (Wildman–Crippen MR) is 83.8 cm³/mol. The van der Waals surface area contributed by atoms with Crippen LogP contribution in [-0.2, 0) is 0 Å². The molecular formula is C16H20N3S+. The summed E-state index contributed by atoms with van der Waals surface area (Å²) in [6, 6.07) is 4.57. The first-order valence-electron chi connectivity index (χ1n) is 6.93. The summed E-state index contributed by atoms with van der Waals surface area (Å²) in [5, 5.41) is 6.50. The minimum absolute atomic E-state index is 0.515. The Labute approximate surface area is 124 Å². The quantitative estimate of drug-likeness (QED) is 0.876. The SMILES string of the molecule is CCC(CC)Nc1ccc(C#Cc2csc(C)n2)c[nH+]1. The fraction of sp³-hybridized carbons (Fsp3) is 0.375. The summed E-state index contributed by atoms with van der Waals surface area (Å²) in [6.45, 7) is 6.37. The second-order valence-electron chi connectivity index (χ2n) is 4.65. The van der Waals surface area contributed by atoms with Crippen molar-refractivity contribution >= 4 is 17.2 Å². The van der Waals surface area contributed by atoms with Crippen LogP contribution in [0.3, 0.4) is 0 Å². The largest absolute Gasteiger partial charge is 0.272 e. The van der Waals surface area contributed by atoms with Gasteiger partial charge in [0.2, 0.25) is 0 Å². The first-order chi connectivity index (χ1) is 9.71. The van der Waals surface area contributed by atoms with E-state index >= 15 is 0 Å². The number of thiazole rings is 1. The van der Waals surface area contributed by atoms with E-state index in [-0.39, 0.29) is 0 Å². The van der Waals surface area contributed by atoms with Gasteiger partial charge < -0.3 is 0 Å². The van der Waals surface area contributed by atoms with Gasteiger partial charge in [0.25, 0.3) is 5.82 Å². The van der Waals surface area contributed by atoms with Gasteiger partial charge in [0, 0.05) is 11.4 Å². The molecule has 104 valence electrons. The molecule has 2 N–H and O–H groups in total. The van der Waals surface area contributed by atoms with E-state index in [1.54, 1.807) is 11.3 Å². The van der Waals surface area contributed by atoms with Gasteiger partial charge in [0.1, 0.15) is 11.9 Å². The number of aryl methyl sites for hydroxylation is 1. The zero-order valence-corrected chi connectivity index (χ0v) is 13.0. The Morgan fingerprint density at radius 3 is 2.65 bits per heavy atom. The van der Waals surface area contributed by atoms with Crippen LogP contribution in [0.1, 0.15) is 43.0 Å². The van der Waals surface area contributed by atoms with Crippen molar-refractivity contribution in [2.24, 2.45) is 0 Å². The molecule has 0 aromatic carbocycles. The van der Waals surface area contributed by atoms with Crippen molar-refractivity contribution in [3.8, 4) is 11.8 Å². The Bertz CT molecular complexity index is 601. The molecule has 2 aromatic rings. The molecule has 0 radical (unpaired) electrons. The topological polar surface area (TPSA) is 39.1 Å². The number of aromatic nitrogens is 2. The normalized spacial score (nSPS) is 10.2. The highest BCUT2D eigenvalue weighted by molar-refractivity contribution is 7.09. The van der Waals surface area contributed by atoms with Gasteiger partial charge in [-0.3, -0.25) is 5.32 Å². The lowest BCUT2D eigenvalue weighted by Crippen LogP contribution is -2.22. The molecule has 0 aliphatic rings. The molecule has 3 nitrogen and oxygen atoms in total. The molecule has 20 heavy (non-hydrogen) atoms. The van der Waals surface area contributed by atoms with Gasteiger partial charge in [-0.15, -0.1) is 11.3 Å². The second kappa shape index (κ2) is 7.06. The average molecular weight is 286 g/mol. The number of hydrogen-bond donors (Lipinski definition) is 1. The molecule has 2 rings (SSSR count). The van der Waals surface area contributed by atoms with Crippen LogP contribution >= 0.6 is 11.3 Å². The Kier molecular flexibility index (Phi) is 5.14. The van der Waals surface area contributed by atoms with Gasteiger partial charge >= 0.3 is 0 Å². The van der Waals surface area contributed by atoms with Gasteiger partial charge in [-0.05, 0) is 31.8 Å². The molecular weight excluding hydrogens is 266 g/mol. The third kappa shape index (κ3) is 4.07. The molecule has 0 saturated carbocycles. The maximum absolute atomic E-state index is 4.33. The van der Waals surface area contributed by atoms with E-state index in [2.05, 4.69) is 41.0 Å². The van der Waals surface area contributed by atoms with Crippen LogP contribution in [0.15, 0.2) is 23.7 Å². The van der Waals surface area contributed by atoms with Gasteiger partial charge in [-0.1, -0.05) is 19.8 Å². The van der Waals surface area contributed by atoms with Crippen LogP contribution in [0.2, 0.25) is 0 Å². The summed E-state index contributed by atoms with van der Waals surface area (Å²) in [4.78, 5) is 7.57. The number of pyridine rings is 1. The summed E-state index contributed by atoms with van der Waals surface area (Å²) >= 11 is 1.62. The van der Waals surface area contributed by atoms with Gasteiger partial charge in [0.15, 0.2) is 0 Å². The Morgan fingerprint density at radius 1 is 1.30 bits per heavy atom. The van der Waals surface area contributed by atoms with Crippen molar-refractivity contribution in [3.63, 3.8) is 0 Å². The molecule has 0 spiro atoms. The number of aromatic amines is 1. The van der Waals surface area contributed by atoms with Gasteiger partial charge in [0.05, 0.1) is 16.6 Å². The molecule has 0 amide bonds. The van der Waals surface area contributed by atoms with Gasteiger partial charge in [-0.2, -0.15) is 0 Å². The summed E-state index contributed by atoms with van der Waals surface area (Å²) in [6.07, 6.45) is 4.17. The predicted octanol–water partition coefficient (Wildman–Crippen LogP) is 3.27. The molecule has 0 fully saturated rings. The number of H-pyrrole nitrogens is 1. The minimum atomic E-state index is 0.515. The van der Waals surface area contributed by atoms with Crippen molar-refractivity contribution in [2.45, 2.75) is 39.7 Å². The van der Waals surface area contributed by atoms with E-state index in [0.29, 0.717) is 6.04 Å². The Hall–Kier alpha value is -1.86. The fourth-order valence-electron chi connectivity index (χ4n) is 1.86. The molecule has 0 bridgehead atoms. The van der Waals surface area contributed by atoms with Crippen LogP contribution in [0.4, 0.5) is 5.82 Å². The first kappa shape index (κ1) is 14.5. The zero-order chi connectivity index (χ0) is 14.4. The third-order valence-corrected chi connectivity index (χ3v) is 3.89. The van der Waals surface area contributed by atoms with E-state index in [1.807, 2.05) is 30.6 Å². The third-order valence-electron chi connectivity index (χ3n) is 3.11. The number of anilines is 1. The summed E-state index contributed by atoms with van der Waals surface area (Å²) in [5.74, 6) is 7.23. The van der Waals surface area contributed by atoms with Crippen molar-refractivity contribution < 1.29 is 4.98 Å². The number of nitrogens with zero attached hydrogens (tertiary/aromatic N) is 1. The van der Waals surface area contributed by atoms with E-state index in [0.717, 1.165) is 34.9 Å². The molecule has 2 aromatic heterocycles. The molecule has 2 heterocycles. The van der Waals surface area contributed by atoms with Crippen LogP contribution < -0.4 is 10.3 Å². The fourth-order valence-corrected chi connectivity index (χ4v) is 2.41. The average Bonchev–Trinajstić information content (AvgIpc) is 2.89. The maximum atomic E-state index is 4.33. The molecule has 0 atom stereocenters. The highest BCUT2D eigenvalue weighted by atomic mass is 32.1. The lowest BCUT2D eigenvalue weighted by Gasteiger charge is -2.08. The smallest absolute Gasteiger partial charge is 0.272 e. The van der Waals surface area contributed by atoms with Crippen molar-refractivity contribution in [3.05, 3.63) is 40.0 Å². The first-order valence-corrected chi connectivity index (χ1v) is 7.81. The number of rotatable bonds is 4. The lowest BCUT2D eigenvalue weighted by atomic mass is 10.2. The van der Waals surface area contributed by atoms with E-state index < -0.39 is 0 Å². The number of hydrogen-bond acceptors (Lipinski definition) is 3. The summed E-state index contributed by atoms with van der Waals surface area (Å²) < 4.78 is 0. The molecule has 0 aliphatic carbocycles. The van der Waals surface area contributed by atoms with Crippen LogP contribution in [0.5, 0.6) is 0 Å². The molecule has 0 unspecified atom stereocenters. The molecule has 4 heteroatoms. The maximum Gasteiger partial charge on any atom is 0.272 e. The highest BCUT2D eigenvalue weighted by Crippen LogP contribution is 2.08. The highest BCUT2D eigenvalue weighted by Gasteiger charge is 2.09. The standard InChI is InChI=1S/C16H19N3S/c1-4-14(5-2)19-16-9-7-13(10-17-16)6-8-15-11-20-12(3)18-15/h7,9-11,14H,4-5H2,1-3H3,(H,17,19)/p+1. The van der Waals surface area contributed by atoms with Crippen molar-refractivity contribution in [1.82, 2.24) is 4.98 Å².